The molecule has 104 valence electrons. The Balaban J connectivity index is 4.95. The van der Waals surface area contributed by atoms with E-state index in [0.717, 1.165) is 0 Å². The highest BCUT2D eigenvalue weighted by molar-refractivity contribution is 9.16. The van der Waals surface area contributed by atoms with Gasteiger partial charge in [-0.3, -0.25) is 0 Å². The highest BCUT2D eigenvalue weighted by atomic mass is 79.9. The molecule has 0 aliphatic heterocycles. The molecule has 0 aromatic rings. The fraction of sp³-hybridized carbons (Fsp3) is 1.00. The summed E-state index contributed by atoms with van der Waals surface area (Å²) in [6.07, 6.45) is 0. The summed E-state index contributed by atoms with van der Waals surface area (Å²) in [4.78, 5) is 0. The van der Waals surface area contributed by atoms with Crippen LogP contribution in [0.4, 0.5) is 39.5 Å². The van der Waals surface area contributed by atoms with Gasteiger partial charge in [0.2, 0.25) is 0 Å². The SMILES string of the molecule is FC(F)(F)SC(Br)(SC(F)(F)F)SC(F)(F)F. The minimum absolute atomic E-state index is 1.44. The summed E-state index contributed by atoms with van der Waals surface area (Å²) in [7, 11) is 0. The van der Waals surface area contributed by atoms with E-state index in [1.54, 1.807) is 0 Å². The molecule has 0 aliphatic carbocycles. The van der Waals surface area contributed by atoms with Crippen molar-refractivity contribution in [3.63, 3.8) is 0 Å². The summed E-state index contributed by atoms with van der Waals surface area (Å²) >= 11 is -2.50. The van der Waals surface area contributed by atoms with Crippen molar-refractivity contribution in [2.24, 2.45) is 0 Å². The summed E-state index contributed by atoms with van der Waals surface area (Å²) in [6.45, 7) is 0. The number of hydrogen-bond acceptors (Lipinski definition) is 3. The van der Waals surface area contributed by atoms with E-state index in [1.807, 2.05) is 15.9 Å². The smallest absolute Gasteiger partial charge is 0.160 e. The summed E-state index contributed by atoms with van der Waals surface area (Å²) in [5, 5.41) is 0. The maximum absolute atomic E-state index is 11.9. The van der Waals surface area contributed by atoms with Gasteiger partial charge in [0.15, 0.2) is 2.32 Å². The number of thioether (sulfide) groups is 3. The number of rotatable bonds is 3. The molecule has 0 bridgehead atoms. The molecule has 0 saturated carbocycles. The molecule has 0 amide bonds. The predicted molar refractivity (Wildman–Crippen MR) is 52.6 cm³/mol. The maximum Gasteiger partial charge on any atom is 0.444 e. The molecule has 0 rings (SSSR count). The van der Waals surface area contributed by atoms with Crippen molar-refractivity contribution in [3.8, 4) is 0 Å². The molecule has 0 saturated heterocycles. The van der Waals surface area contributed by atoms with Crippen LogP contribution in [0.5, 0.6) is 0 Å². The van der Waals surface area contributed by atoms with E-state index in [0.29, 0.717) is 0 Å². The van der Waals surface area contributed by atoms with Gasteiger partial charge in [-0.15, -0.1) is 0 Å². The van der Waals surface area contributed by atoms with Crippen LogP contribution in [0, 0.1) is 0 Å². The molecule has 0 N–H and O–H groups in total. The van der Waals surface area contributed by atoms with Crippen LogP contribution in [0.15, 0.2) is 0 Å². The zero-order valence-corrected chi connectivity index (χ0v) is 11.0. The topological polar surface area (TPSA) is 0 Å². The van der Waals surface area contributed by atoms with E-state index in [1.165, 1.54) is 0 Å². The van der Waals surface area contributed by atoms with Crippen LogP contribution in [0.1, 0.15) is 0 Å². The van der Waals surface area contributed by atoms with Crippen molar-refractivity contribution in [1.29, 1.82) is 0 Å². The highest BCUT2D eigenvalue weighted by Gasteiger charge is 2.55. The lowest BCUT2D eigenvalue weighted by Crippen LogP contribution is -2.23. The Morgan fingerprint density at radius 2 is 0.706 bits per heavy atom. The van der Waals surface area contributed by atoms with Crippen LogP contribution in [0.2, 0.25) is 0 Å². The zero-order chi connectivity index (χ0) is 14.1. The van der Waals surface area contributed by atoms with Gasteiger partial charge in [0.1, 0.15) is 0 Å². The first-order valence-corrected chi connectivity index (χ1v) is 6.36. The van der Waals surface area contributed by atoms with Crippen molar-refractivity contribution >= 4 is 51.2 Å². The largest absolute Gasteiger partial charge is 0.444 e. The summed E-state index contributed by atoms with van der Waals surface area (Å²) in [5.41, 5.74) is -15.8. The molecule has 0 atom stereocenters. The minimum atomic E-state index is -5.25. The van der Waals surface area contributed by atoms with Gasteiger partial charge in [-0.05, 0) is 51.2 Å². The predicted octanol–water partition coefficient (Wildman–Crippen LogP) is 5.75. The van der Waals surface area contributed by atoms with Gasteiger partial charge in [-0.25, -0.2) is 0 Å². The fourth-order valence-corrected chi connectivity index (χ4v) is 5.16. The van der Waals surface area contributed by atoms with Crippen molar-refractivity contribution in [3.05, 3.63) is 0 Å². The molecule has 13 heteroatoms. The Morgan fingerprint density at radius 1 is 0.529 bits per heavy atom. The quantitative estimate of drug-likeness (QED) is 0.339. The number of halogens is 10. The van der Waals surface area contributed by atoms with Gasteiger partial charge in [-0.1, -0.05) is 0 Å². The summed E-state index contributed by atoms with van der Waals surface area (Å²) in [6, 6.07) is 0. The molecule has 0 aromatic heterocycles. The molecule has 0 unspecified atom stereocenters. The average molecular weight is 395 g/mol. The molecular weight excluding hydrogens is 395 g/mol. The van der Waals surface area contributed by atoms with E-state index < -0.39 is 54.1 Å². The Kier molecular flexibility index (Phi) is 5.78. The summed E-state index contributed by atoms with van der Waals surface area (Å²) in [5.74, 6) is 0. The van der Waals surface area contributed by atoms with Crippen molar-refractivity contribution in [2.75, 3.05) is 0 Å². The molecule has 0 aliphatic rings. The van der Waals surface area contributed by atoms with Crippen molar-refractivity contribution in [1.82, 2.24) is 0 Å². The molecule has 0 radical (unpaired) electrons. The number of alkyl halides is 10. The first-order chi connectivity index (χ1) is 7.12. The van der Waals surface area contributed by atoms with Crippen LogP contribution in [-0.2, 0) is 0 Å². The molecule has 0 spiro atoms. The first-order valence-electron chi connectivity index (χ1n) is 3.11. The van der Waals surface area contributed by atoms with E-state index in [-0.39, 0.29) is 0 Å². The highest BCUT2D eigenvalue weighted by Crippen LogP contribution is 2.65. The lowest BCUT2D eigenvalue weighted by Gasteiger charge is -2.27. The van der Waals surface area contributed by atoms with Crippen LogP contribution in [0.25, 0.3) is 0 Å². The Hall–Kier alpha value is 0.900. The van der Waals surface area contributed by atoms with Gasteiger partial charge < -0.3 is 0 Å². The van der Waals surface area contributed by atoms with Gasteiger partial charge in [0.25, 0.3) is 0 Å². The molecule has 0 heterocycles. The monoisotopic (exact) mass is 394 g/mol. The van der Waals surface area contributed by atoms with E-state index >= 15 is 0 Å². The Labute approximate surface area is 110 Å². The van der Waals surface area contributed by atoms with Crippen LogP contribution < -0.4 is 0 Å². The standard InChI is InChI=1S/C4BrF9S3/c5-1(15-2(6,7)8,16-3(9,10)11)17-4(12,13)14. The fourth-order valence-electron chi connectivity index (χ4n) is 0.477. The third-order valence-electron chi connectivity index (χ3n) is 0.713. The molecular formula is C4BrF9S3. The van der Waals surface area contributed by atoms with Gasteiger partial charge in [0, 0.05) is 0 Å². The molecule has 17 heavy (non-hydrogen) atoms. The van der Waals surface area contributed by atoms with Crippen molar-refractivity contribution in [2.45, 2.75) is 18.8 Å². The van der Waals surface area contributed by atoms with Gasteiger partial charge in [-0.2, -0.15) is 39.5 Å². The molecule has 0 aromatic carbocycles. The van der Waals surface area contributed by atoms with Gasteiger partial charge >= 0.3 is 16.5 Å². The lowest BCUT2D eigenvalue weighted by atomic mass is 11.5. The maximum atomic E-state index is 11.9. The van der Waals surface area contributed by atoms with Crippen molar-refractivity contribution < 1.29 is 39.5 Å². The second-order valence-corrected chi connectivity index (χ2v) is 9.50. The molecule has 0 nitrogen and oxygen atoms in total. The van der Waals surface area contributed by atoms with Gasteiger partial charge in [0.05, 0.1) is 0 Å². The summed E-state index contributed by atoms with van der Waals surface area (Å²) < 4.78 is 103. The van der Waals surface area contributed by atoms with E-state index in [4.69, 9.17) is 0 Å². The zero-order valence-electron chi connectivity index (χ0n) is 7.00. The average Bonchev–Trinajstić information content (AvgIpc) is 1.65. The van der Waals surface area contributed by atoms with Crippen LogP contribution in [0.3, 0.4) is 0 Å². The Morgan fingerprint density at radius 3 is 0.824 bits per heavy atom. The second-order valence-electron chi connectivity index (χ2n) is 2.12. The third-order valence-corrected chi connectivity index (χ3v) is 5.10. The second kappa shape index (κ2) is 5.49. The normalized spacial score (nSPS) is 15.2. The lowest BCUT2D eigenvalue weighted by molar-refractivity contribution is -0.0354. The van der Waals surface area contributed by atoms with Crippen LogP contribution >= 0.6 is 51.2 Å². The van der Waals surface area contributed by atoms with E-state index in [2.05, 4.69) is 0 Å². The van der Waals surface area contributed by atoms with E-state index in [9.17, 15) is 39.5 Å². The number of hydrogen-bond donors (Lipinski definition) is 0. The first kappa shape index (κ1) is 17.9. The third kappa shape index (κ3) is 10.5. The van der Waals surface area contributed by atoms with Crippen LogP contribution in [-0.4, -0.2) is 18.8 Å². The molecule has 0 fully saturated rings. The Bertz CT molecular complexity index is 214. The minimum Gasteiger partial charge on any atom is -0.160 e.